The van der Waals surface area contributed by atoms with Crippen LogP contribution in [0.3, 0.4) is 0 Å². The van der Waals surface area contributed by atoms with Gasteiger partial charge in [-0.2, -0.15) is 0 Å². The van der Waals surface area contributed by atoms with Crippen LogP contribution in [-0.4, -0.2) is 13.1 Å². The summed E-state index contributed by atoms with van der Waals surface area (Å²) in [5, 5.41) is 5.55. The molecule has 0 heterocycles. The lowest BCUT2D eigenvalue weighted by Gasteiger charge is -2.40. The molecule has 0 N–H and O–H groups in total. The lowest BCUT2D eigenvalue weighted by Crippen LogP contribution is -2.74. The van der Waals surface area contributed by atoms with Crippen molar-refractivity contribution in [3.05, 3.63) is 243 Å². The van der Waals surface area contributed by atoms with Crippen molar-refractivity contribution in [3.63, 3.8) is 0 Å². The van der Waals surface area contributed by atoms with Crippen molar-refractivity contribution in [2.75, 3.05) is 0 Å². The van der Waals surface area contributed by atoms with Crippen LogP contribution in [0.25, 0.3) is 0 Å². The highest BCUT2D eigenvalue weighted by atomic mass is 31.2. The second-order valence-electron chi connectivity index (χ2n) is 12.5. The Balaban J connectivity index is 0.000000157. The lowest BCUT2D eigenvalue weighted by molar-refractivity contribution is 1.66. The first-order valence-electron chi connectivity index (χ1n) is 17.3. The molecule has 0 nitrogen and oxygen atoms in total. The first kappa shape index (κ1) is 33.2. The fraction of sp³-hybridized carbons (Fsp3) is 0. The van der Waals surface area contributed by atoms with Gasteiger partial charge in [0.05, 0.1) is 0 Å². The van der Waals surface area contributed by atoms with Crippen molar-refractivity contribution in [2.45, 2.75) is 0 Å². The monoisotopic (exact) mass is 674 g/mol. The lowest BCUT2D eigenvalue weighted by atomic mass is 10.3. The van der Waals surface area contributed by atoms with Gasteiger partial charge in [0.15, 0.2) is 0 Å². The van der Waals surface area contributed by atoms with E-state index in [4.69, 9.17) is 0 Å². The molecule has 0 unspecified atom stereocenters. The molecule has 8 aromatic rings. The van der Waals surface area contributed by atoms with Crippen molar-refractivity contribution in [3.8, 4) is 0 Å². The van der Waals surface area contributed by atoms with Gasteiger partial charge in [0, 0.05) is 0 Å². The second kappa shape index (κ2) is 16.0. The van der Waals surface area contributed by atoms with Crippen LogP contribution >= 0.6 is 7.26 Å². The van der Waals surface area contributed by atoms with Crippen LogP contribution in [0.1, 0.15) is 0 Å². The summed E-state index contributed by atoms with van der Waals surface area (Å²) >= 11 is -2.69. The first-order valence-corrected chi connectivity index (χ1v) is 21.4. The molecule has 0 saturated heterocycles. The van der Waals surface area contributed by atoms with E-state index in [0.717, 1.165) is 0 Å². The molecule has 2 heteroatoms. The maximum Gasteiger partial charge on any atom is 0.266 e. The minimum atomic E-state index is -2.69. The van der Waals surface area contributed by atoms with E-state index in [0.29, 0.717) is 0 Å². The summed E-state index contributed by atoms with van der Waals surface area (Å²) in [6.07, 6.45) is 0. The van der Waals surface area contributed by atoms with Gasteiger partial charge in [-0.15, -0.1) is 48.5 Å². The van der Waals surface area contributed by atoms with Crippen molar-refractivity contribution in [1.29, 1.82) is 0 Å². The molecule has 8 aromatic carbocycles. The van der Waals surface area contributed by atoms with Crippen LogP contribution in [0.5, 0.6) is 0 Å². The third kappa shape index (κ3) is 6.53. The summed E-state index contributed by atoms with van der Waals surface area (Å²) in [7, 11) is -1.91. The van der Waals surface area contributed by atoms with Gasteiger partial charge in [-0.1, -0.05) is 146 Å². The quantitative estimate of drug-likeness (QED) is 0.117. The number of hydrogen-bond acceptors (Lipinski definition) is 0. The second-order valence-corrected chi connectivity index (χ2v) is 20.3. The van der Waals surface area contributed by atoms with Gasteiger partial charge < -0.3 is 0 Å². The number of rotatable bonds is 8. The summed E-state index contributed by atoms with van der Waals surface area (Å²) in [6.45, 7) is 0. The van der Waals surface area contributed by atoms with E-state index in [1.807, 2.05) is 0 Å². The van der Waals surface area contributed by atoms with Crippen molar-refractivity contribution in [1.82, 2.24) is 0 Å². The standard InChI is InChI=1S/C24H20P.4C6H5.Al/c1-5-13-21(14-6-1)25(22-15-7-2-8-16-22,23-17-9-3-10-18-23)24-19-11-4-12-20-24;4*1-2-4-6-5-3-1;/h1-20H;4*1-5H;/q+1;;;;;-1. The van der Waals surface area contributed by atoms with Gasteiger partial charge in [0.25, 0.3) is 13.1 Å². The molecule has 0 fully saturated rings. The van der Waals surface area contributed by atoms with Gasteiger partial charge in [0.2, 0.25) is 0 Å². The number of benzene rings is 8. The Morgan fingerprint density at radius 1 is 0.200 bits per heavy atom. The van der Waals surface area contributed by atoms with Crippen LogP contribution in [0.15, 0.2) is 243 Å². The van der Waals surface area contributed by atoms with E-state index in [2.05, 4.69) is 243 Å². The predicted octanol–water partition coefficient (Wildman–Crippen LogP) is 7.37. The molecular formula is C48H40AlP. The van der Waals surface area contributed by atoms with Crippen LogP contribution < -0.4 is 38.9 Å². The van der Waals surface area contributed by atoms with Crippen LogP contribution in [-0.2, 0) is 0 Å². The zero-order valence-electron chi connectivity index (χ0n) is 28.1. The highest BCUT2D eigenvalue weighted by Crippen LogP contribution is 2.54. The van der Waals surface area contributed by atoms with Crippen LogP contribution in [0.4, 0.5) is 0 Å². The molecule has 0 aliphatic heterocycles. The predicted molar refractivity (Wildman–Crippen MR) is 221 cm³/mol. The number of hydrogen-bond donors (Lipinski definition) is 0. The summed E-state index contributed by atoms with van der Waals surface area (Å²) in [5.74, 6) is 0. The van der Waals surface area contributed by atoms with Gasteiger partial charge in [0.1, 0.15) is 28.5 Å². The van der Waals surface area contributed by atoms with E-state index in [-0.39, 0.29) is 0 Å². The molecule has 240 valence electrons. The smallest absolute Gasteiger partial charge is 0.218 e. The molecule has 0 aliphatic rings. The van der Waals surface area contributed by atoms with Gasteiger partial charge >= 0.3 is 0 Å². The minimum Gasteiger partial charge on any atom is -0.218 e. The third-order valence-corrected chi connectivity index (χ3v) is 19.6. The molecule has 0 aliphatic carbocycles. The van der Waals surface area contributed by atoms with E-state index < -0.39 is 20.3 Å². The minimum absolute atomic E-state index is 1.39. The summed E-state index contributed by atoms with van der Waals surface area (Å²) in [6, 6.07) is 88.0. The van der Waals surface area contributed by atoms with Gasteiger partial charge in [-0.3, -0.25) is 0 Å². The average molecular weight is 675 g/mol. The summed E-state index contributed by atoms with van der Waals surface area (Å²) < 4.78 is 5.77. The normalized spacial score (nSPS) is 11.2. The molecule has 0 bridgehead atoms. The Bertz CT molecular complexity index is 1670. The third-order valence-electron chi connectivity index (χ3n) is 9.77. The zero-order valence-corrected chi connectivity index (χ0v) is 30.2. The fourth-order valence-corrected chi connectivity index (χ4v) is 17.4. The molecule has 0 radical (unpaired) electrons. The SMILES string of the molecule is c1cc[c]([Al-]([c]2ccccc2)([c]2ccccc2)[c]2ccccc2)cc1.c1ccc([P+](c2ccccc2)(c2ccccc2)c2ccccc2)cc1. The fourth-order valence-electron chi connectivity index (χ4n) is 7.62. The Morgan fingerprint density at radius 3 is 0.540 bits per heavy atom. The highest BCUT2D eigenvalue weighted by molar-refractivity contribution is 8.01. The van der Waals surface area contributed by atoms with Gasteiger partial charge in [-0.25, -0.2) is 17.7 Å². The van der Waals surface area contributed by atoms with Crippen molar-refractivity contribution < 1.29 is 0 Å². The molecule has 0 saturated carbocycles. The van der Waals surface area contributed by atoms with E-state index in [1.165, 1.54) is 38.9 Å². The van der Waals surface area contributed by atoms with Crippen LogP contribution in [0, 0.1) is 0 Å². The molecule has 8 rings (SSSR count). The van der Waals surface area contributed by atoms with Crippen LogP contribution in [0.2, 0.25) is 0 Å². The molecule has 50 heavy (non-hydrogen) atoms. The molecule has 0 spiro atoms. The Kier molecular flexibility index (Phi) is 10.6. The van der Waals surface area contributed by atoms with E-state index >= 15 is 0 Å². The molecule has 0 aromatic heterocycles. The summed E-state index contributed by atoms with van der Waals surface area (Å²) in [4.78, 5) is 0. The maximum atomic E-state index is 2.30. The largest absolute Gasteiger partial charge is 0.266 e. The van der Waals surface area contributed by atoms with Gasteiger partial charge in [-0.05, 0) is 48.5 Å². The van der Waals surface area contributed by atoms with Crippen molar-refractivity contribution >= 4 is 59.3 Å². The first-order chi connectivity index (χ1) is 24.8. The Hall–Kier alpha value is -5.28. The van der Waals surface area contributed by atoms with E-state index in [9.17, 15) is 0 Å². The van der Waals surface area contributed by atoms with Crippen molar-refractivity contribution in [2.24, 2.45) is 0 Å². The summed E-state index contributed by atoms with van der Waals surface area (Å²) in [5.41, 5.74) is 0. The topological polar surface area (TPSA) is 0 Å². The highest BCUT2D eigenvalue weighted by Gasteiger charge is 2.47. The van der Waals surface area contributed by atoms with E-state index in [1.54, 1.807) is 0 Å². The maximum absolute atomic E-state index is 2.69. The molecule has 0 amide bonds. The molecular weight excluding hydrogens is 634 g/mol. The Labute approximate surface area is 300 Å². The Morgan fingerprint density at radius 2 is 0.360 bits per heavy atom. The average Bonchev–Trinajstić information content (AvgIpc) is 3.22. The zero-order chi connectivity index (χ0) is 33.9. The molecule has 0 atom stereocenters.